The van der Waals surface area contributed by atoms with Crippen LogP contribution in [0, 0.1) is 0 Å². The second-order valence-corrected chi connectivity index (χ2v) is 7.43. The minimum absolute atomic E-state index is 0.222. The number of thiazole rings is 1. The third-order valence-electron chi connectivity index (χ3n) is 2.99. The Morgan fingerprint density at radius 1 is 1.26 bits per heavy atom. The lowest BCUT2D eigenvalue weighted by molar-refractivity contribution is 0.184. The SMILES string of the molecule is CCOc1ccc(S(=O)(=O)NCCc2csc(COC)n2)cc1. The molecular weight excluding hydrogens is 336 g/mol. The highest BCUT2D eigenvalue weighted by atomic mass is 32.2. The Morgan fingerprint density at radius 2 is 2.00 bits per heavy atom. The fourth-order valence-electron chi connectivity index (χ4n) is 1.93. The van der Waals surface area contributed by atoms with E-state index >= 15 is 0 Å². The van der Waals surface area contributed by atoms with Crippen molar-refractivity contribution in [3.05, 3.63) is 40.3 Å². The summed E-state index contributed by atoms with van der Waals surface area (Å²) in [7, 11) is -1.90. The average molecular weight is 356 g/mol. The van der Waals surface area contributed by atoms with Gasteiger partial charge in [-0.3, -0.25) is 0 Å². The molecule has 0 saturated heterocycles. The number of hydrogen-bond donors (Lipinski definition) is 1. The summed E-state index contributed by atoms with van der Waals surface area (Å²) in [6, 6.07) is 6.37. The Morgan fingerprint density at radius 3 is 2.65 bits per heavy atom. The Bertz CT molecular complexity index is 711. The van der Waals surface area contributed by atoms with E-state index in [1.165, 1.54) is 23.5 Å². The van der Waals surface area contributed by atoms with E-state index in [2.05, 4.69) is 9.71 Å². The van der Waals surface area contributed by atoms with E-state index in [-0.39, 0.29) is 4.90 Å². The van der Waals surface area contributed by atoms with Gasteiger partial charge in [-0.05, 0) is 31.2 Å². The summed E-state index contributed by atoms with van der Waals surface area (Å²) in [4.78, 5) is 4.59. The van der Waals surface area contributed by atoms with Gasteiger partial charge in [0, 0.05) is 25.5 Å². The maximum atomic E-state index is 12.2. The van der Waals surface area contributed by atoms with Crippen molar-refractivity contribution in [3.8, 4) is 5.75 Å². The molecule has 0 bridgehead atoms. The van der Waals surface area contributed by atoms with E-state index < -0.39 is 10.0 Å². The van der Waals surface area contributed by atoms with Gasteiger partial charge in [0.1, 0.15) is 10.8 Å². The third-order valence-corrected chi connectivity index (χ3v) is 5.33. The van der Waals surface area contributed by atoms with Crippen LogP contribution in [-0.2, 0) is 27.8 Å². The summed E-state index contributed by atoms with van der Waals surface area (Å²) < 4.78 is 37.3. The molecule has 23 heavy (non-hydrogen) atoms. The number of aromatic nitrogens is 1. The molecule has 0 unspecified atom stereocenters. The van der Waals surface area contributed by atoms with Crippen molar-refractivity contribution in [1.29, 1.82) is 0 Å². The molecule has 1 aromatic heterocycles. The van der Waals surface area contributed by atoms with E-state index in [4.69, 9.17) is 9.47 Å². The first-order chi connectivity index (χ1) is 11.0. The molecule has 2 rings (SSSR count). The fourth-order valence-corrected chi connectivity index (χ4v) is 3.76. The highest BCUT2D eigenvalue weighted by Gasteiger charge is 2.13. The zero-order valence-electron chi connectivity index (χ0n) is 13.1. The van der Waals surface area contributed by atoms with Crippen LogP contribution in [-0.4, -0.2) is 33.7 Å². The second kappa shape index (κ2) is 8.39. The molecule has 6 nitrogen and oxygen atoms in total. The maximum absolute atomic E-state index is 12.2. The monoisotopic (exact) mass is 356 g/mol. The summed E-state index contributed by atoms with van der Waals surface area (Å²) in [5.74, 6) is 0.652. The first-order valence-electron chi connectivity index (χ1n) is 7.20. The predicted molar refractivity (Wildman–Crippen MR) is 89.3 cm³/mol. The van der Waals surface area contributed by atoms with E-state index in [1.807, 2.05) is 12.3 Å². The smallest absolute Gasteiger partial charge is 0.240 e. The molecule has 2 aromatic rings. The van der Waals surface area contributed by atoms with E-state index in [1.54, 1.807) is 19.2 Å². The van der Waals surface area contributed by atoms with Crippen LogP contribution in [0.25, 0.3) is 0 Å². The van der Waals surface area contributed by atoms with E-state index in [9.17, 15) is 8.42 Å². The van der Waals surface area contributed by atoms with Gasteiger partial charge >= 0.3 is 0 Å². The van der Waals surface area contributed by atoms with Crippen LogP contribution < -0.4 is 9.46 Å². The summed E-state index contributed by atoms with van der Waals surface area (Å²) in [5, 5.41) is 2.80. The molecule has 0 saturated carbocycles. The number of benzene rings is 1. The van der Waals surface area contributed by atoms with Gasteiger partial charge in [0.15, 0.2) is 0 Å². The van der Waals surface area contributed by atoms with Gasteiger partial charge in [0.2, 0.25) is 10.0 Å². The average Bonchev–Trinajstić information content (AvgIpc) is 2.96. The quantitative estimate of drug-likeness (QED) is 0.745. The summed E-state index contributed by atoms with van der Waals surface area (Å²) in [6.45, 7) is 3.19. The van der Waals surface area contributed by atoms with E-state index in [0.717, 1.165) is 10.7 Å². The van der Waals surface area contributed by atoms with Crippen molar-refractivity contribution in [3.63, 3.8) is 0 Å². The molecule has 0 aliphatic carbocycles. The molecular formula is C15H20N2O4S2. The molecule has 0 atom stereocenters. The molecule has 1 N–H and O–H groups in total. The predicted octanol–water partition coefficient (Wildman–Crippen LogP) is 2.21. The maximum Gasteiger partial charge on any atom is 0.240 e. The van der Waals surface area contributed by atoms with Crippen LogP contribution >= 0.6 is 11.3 Å². The second-order valence-electron chi connectivity index (χ2n) is 4.72. The number of sulfonamides is 1. The normalized spacial score (nSPS) is 11.6. The third kappa shape index (κ3) is 5.28. The molecule has 0 aliphatic rings. The van der Waals surface area contributed by atoms with Crippen molar-refractivity contribution in [2.75, 3.05) is 20.3 Å². The van der Waals surface area contributed by atoms with Gasteiger partial charge in [-0.1, -0.05) is 0 Å². The number of methoxy groups -OCH3 is 1. The molecule has 0 amide bonds. The molecule has 0 fully saturated rings. The van der Waals surface area contributed by atoms with Gasteiger partial charge in [0.25, 0.3) is 0 Å². The number of rotatable bonds is 9. The standard InChI is InChI=1S/C15H20N2O4S2/c1-3-21-13-4-6-14(7-5-13)23(18,19)16-9-8-12-11-22-15(17-12)10-20-2/h4-7,11,16H,3,8-10H2,1-2H3. The van der Waals surface area contributed by atoms with Gasteiger partial charge in [-0.2, -0.15) is 0 Å². The Kier molecular flexibility index (Phi) is 6.52. The first kappa shape index (κ1) is 17.9. The zero-order chi connectivity index (χ0) is 16.7. The topological polar surface area (TPSA) is 77.5 Å². The van der Waals surface area contributed by atoms with Crippen LogP contribution in [0.2, 0.25) is 0 Å². The van der Waals surface area contributed by atoms with Gasteiger partial charge in [-0.25, -0.2) is 18.1 Å². The zero-order valence-corrected chi connectivity index (χ0v) is 14.7. The molecule has 126 valence electrons. The minimum atomic E-state index is -3.52. The van der Waals surface area contributed by atoms with Crippen LogP contribution in [0.3, 0.4) is 0 Å². The van der Waals surface area contributed by atoms with Gasteiger partial charge < -0.3 is 9.47 Å². The van der Waals surface area contributed by atoms with Crippen molar-refractivity contribution >= 4 is 21.4 Å². The number of hydrogen-bond acceptors (Lipinski definition) is 6. The Hall–Kier alpha value is -1.48. The van der Waals surface area contributed by atoms with Crippen LogP contribution in [0.5, 0.6) is 5.75 Å². The summed E-state index contributed by atoms with van der Waals surface area (Å²) in [6.07, 6.45) is 0.538. The molecule has 1 aromatic carbocycles. The Labute approximate surface area is 140 Å². The lowest BCUT2D eigenvalue weighted by atomic mass is 10.3. The van der Waals surface area contributed by atoms with Crippen molar-refractivity contribution < 1.29 is 17.9 Å². The Balaban J connectivity index is 1.90. The van der Waals surface area contributed by atoms with Crippen LogP contribution in [0.15, 0.2) is 34.5 Å². The number of nitrogens with zero attached hydrogens (tertiary/aromatic N) is 1. The number of ether oxygens (including phenoxy) is 2. The van der Waals surface area contributed by atoms with Crippen molar-refractivity contribution in [2.45, 2.75) is 24.8 Å². The van der Waals surface area contributed by atoms with Gasteiger partial charge in [-0.15, -0.1) is 11.3 Å². The first-order valence-corrected chi connectivity index (χ1v) is 9.56. The highest BCUT2D eigenvalue weighted by molar-refractivity contribution is 7.89. The van der Waals surface area contributed by atoms with Crippen LogP contribution in [0.4, 0.5) is 0 Å². The molecule has 0 aliphatic heterocycles. The van der Waals surface area contributed by atoms with Crippen LogP contribution in [0.1, 0.15) is 17.6 Å². The van der Waals surface area contributed by atoms with Crippen molar-refractivity contribution in [2.24, 2.45) is 0 Å². The molecule has 1 heterocycles. The molecule has 0 radical (unpaired) electrons. The molecule has 0 spiro atoms. The van der Waals surface area contributed by atoms with E-state index in [0.29, 0.717) is 31.9 Å². The summed E-state index contributed by atoms with van der Waals surface area (Å²) in [5.41, 5.74) is 0.858. The summed E-state index contributed by atoms with van der Waals surface area (Å²) >= 11 is 1.51. The largest absolute Gasteiger partial charge is 0.494 e. The van der Waals surface area contributed by atoms with Gasteiger partial charge in [0.05, 0.1) is 23.8 Å². The minimum Gasteiger partial charge on any atom is -0.494 e. The lowest BCUT2D eigenvalue weighted by Gasteiger charge is -2.07. The van der Waals surface area contributed by atoms with Crippen molar-refractivity contribution in [1.82, 2.24) is 9.71 Å². The highest BCUT2D eigenvalue weighted by Crippen LogP contribution is 2.16. The molecule has 8 heteroatoms. The number of nitrogens with one attached hydrogen (secondary N) is 1. The lowest BCUT2D eigenvalue weighted by Crippen LogP contribution is -2.26. The fraction of sp³-hybridized carbons (Fsp3) is 0.400.